The predicted octanol–water partition coefficient (Wildman–Crippen LogP) is 3.95. The van der Waals surface area contributed by atoms with Crippen molar-refractivity contribution in [3.8, 4) is 0 Å². The second kappa shape index (κ2) is 12.4. The summed E-state index contributed by atoms with van der Waals surface area (Å²) in [5, 5.41) is 0. The van der Waals surface area contributed by atoms with Crippen LogP contribution in [0.2, 0.25) is 0 Å². The van der Waals surface area contributed by atoms with E-state index in [1.165, 1.54) is 12.0 Å². The summed E-state index contributed by atoms with van der Waals surface area (Å²) in [5.74, 6) is 0.264. The number of nitrogens with two attached hydrogens (primary N) is 1. The zero-order valence-corrected chi connectivity index (χ0v) is 14.0. The van der Waals surface area contributed by atoms with E-state index >= 15 is 0 Å². The van der Waals surface area contributed by atoms with Gasteiger partial charge in [0.05, 0.1) is 0 Å². The third-order valence-electron chi connectivity index (χ3n) is 2.98. The van der Waals surface area contributed by atoms with E-state index in [1.54, 1.807) is 0 Å². The van der Waals surface area contributed by atoms with Gasteiger partial charge in [0.25, 0.3) is 0 Å². The van der Waals surface area contributed by atoms with Crippen molar-refractivity contribution in [3.63, 3.8) is 0 Å². The van der Waals surface area contributed by atoms with E-state index in [1.807, 2.05) is 32.0 Å². The van der Waals surface area contributed by atoms with E-state index in [4.69, 9.17) is 10.5 Å². The number of rotatable bonds is 3. The van der Waals surface area contributed by atoms with Crippen molar-refractivity contribution >= 4 is 5.97 Å². The van der Waals surface area contributed by atoms with Crippen LogP contribution < -0.4 is 5.73 Å². The second-order valence-corrected chi connectivity index (χ2v) is 5.05. The molecule has 0 saturated carbocycles. The Morgan fingerprint density at radius 3 is 2.29 bits per heavy atom. The number of ether oxygens (including phenoxy) is 1. The molecule has 0 spiro atoms. The number of benzene rings is 1. The van der Waals surface area contributed by atoms with Crippen LogP contribution in [0.3, 0.4) is 0 Å². The van der Waals surface area contributed by atoms with Crippen LogP contribution in [0.1, 0.15) is 52.5 Å². The van der Waals surface area contributed by atoms with Crippen molar-refractivity contribution in [2.75, 3.05) is 6.54 Å². The molecule has 0 bridgehead atoms. The molecule has 1 fully saturated rings. The van der Waals surface area contributed by atoms with Gasteiger partial charge in [-0.15, -0.1) is 0 Å². The first-order chi connectivity index (χ1) is 10.2. The molecule has 1 heterocycles. The lowest BCUT2D eigenvalue weighted by Gasteiger charge is -2.28. The maximum Gasteiger partial charge on any atom is 0.306 e. The number of carbonyl (C=O) groups is 1. The summed E-state index contributed by atoms with van der Waals surface area (Å²) in [6.07, 6.45) is 3.50. The van der Waals surface area contributed by atoms with E-state index in [2.05, 4.69) is 26.0 Å². The maximum absolute atomic E-state index is 11.4. The first-order valence-corrected chi connectivity index (χ1v) is 8.13. The van der Waals surface area contributed by atoms with Gasteiger partial charge >= 0.3 is 5.97 Å². The molecule has 2 unspecified atom stereocenters. The van der Waals surface area contributed by atoms with Gasteiger partial charge in [-0.1, -0.05) is 64.4 Å². The van der Waals surface area contributed by atoms with E-state index in [0.717, 1.165) is 12.8 Å². The fraction of sp³-hybridized carbons (Fsp3) is 0.611. The summed E-state index contributed by atoms with van der Waals surface area (Å²) in [6, 6.07) is 10.2. The first-order valence-electron chi connectivity index (χ1n) is 8.13. The van der Waals surface area contributed by atoms with Gasteiger partial charge < -0.3 is 10.5 Å². The highest BCUT2D eigenvalue weighted by Gasteiger charge is 2.27. The number of cyclic esters (lactones) is 1. The molecule has 21 heavy (non-hydrogen) atoms. The van der Waals surface area contributed by atoms with Gasteiger partial charge in [-0.3, -0.25) is 4.79 Å². The van der Waals surface area contributed by atoms with Gasteiger partial charge in [0.15, 0.2) is 0 Å². The van der Waals surface area contributed by atoms with E-state index < -0.39 is 0 Å². The van der Waals surface area contributed by atoms with E-state index in [-0.39, 0.29) is 12.1 Å². The summed E-state index contributed by atoms with van der Waals surface area (Å²) >= 11 is 0. The molecule has 0 aromatic heterocycles. The summed E-state index contributed by atoms with van der Waals surface area (Å²) in [5.41, 5.74) is 6.82. The zero-order valence-electron chi connectivity index (χ0n) is 14.0. The van der Waals surface area contributed by atoms with E-state index in [0.29, 0.717) is 18.9 Å². The topological polar surface area (TPSA) is 52.3 Å². The molecule has 1 aliphatic heterocycles. The lowest BCUT2D eigenvalue weighted by Crippen LogP contribution is -2.35. The average Bonchev–Trinajstić information content (AvgIpc) is 2.50. The third-order valence-corrected chi connectivity index (χ3v) is 2.98. The quantitative estimate of drug-likeness (QED) is 0.858. The largest absolute Gasteiger partial charge is 0.461 e. The standard InChI is InChI=1S/C13H17NO2.C3H8.C2H6/c14-9-12-7-11(8-13(15)16-12)6-10-4-2-1-3-5-10;1-3-2;1-2/h1-5,11-12H,6-9,14H2;3H2,1-2H3;1-2H3. The second-order valence-electron chi connectivity index (χ2n) is 5.05. The number of hydrogen-bond acceptors (Lipinski definition) is 3. The Morgan fingerprint density at radius 1 is 1.19 bits per heavy atom. The highest BCUT2D eigenvalue weighted by molar-refractivity contribution is 5.70. The lowest BCUT2D eigenvalue weighted by atomic mass is 9.89. The molecule has 1 aliphatic rings. The van der Waals surface area contributed by atoms with Crippen LogP contribution in [0.5, 0.6) is 0 Å². The van der Waals surface area contributed by atoms with Crippen LogP contribution in [0.25, 0.3) is 0 Å². The molecule has 0 aliphatic carbocycles. The number of carbonyl (C=O) groups excluding carboxylic acids is 1. The molecule has 0 amide bonds. The molecule has 1 aromatic carbocycles. The molecule has 3 heteroatoms. The number of esters is 1. The normalized spacial score (nSPS) is 20.3. The molecular formula is C18H31NO2. The molecule has 3 nitrogen and oxygen atoms in total. The van der Waals surface area contributed by atoms with Crippen LogP contribution in [-0.2, 0) is 16.0 Å². The monoisotopic (exact) mass is 293 g/mol. The molecule has 120 valence electrons. The average molecular weight is 293 g/mol. The SMILES string of the molecule is CC.CCC.NCC1CC(Cc2ccccc2)CC(=O)O1. The minimum Gasteiger partial charge on any atom is -0.461 e. The van der Waals surface area contributed by atoms with Gasteiger partial charge in [0.1, 0.15) is 6.10 Å². The molecule has 1 saturated heterocycles. The Hall–Kier alpha value is -1.35. The lowest BCUT2D eigenvalue weighted by molar-refractivity contribution is -0.156. The van der Waals surface area contributed by atoms with Crippen LogP contribution >= 0.6 is 0 Å². The Kier molecular flexibility index (Phi) is 11.6. The van der Waals surface area contributed by atoms with Crippen molar-refractivity contribution < 1.29 is 9.53 Å². The first kappa shape index (κ1) is 19.7. The van der Waals surface area contributed by atoms with Gasteiger partial charge in [0, 0.05) is 13.0 Å². The van der Waals surface area contributed by atoms with Crippen molar-refractivity contribution in [3.05, 3.63) is 35.9 Å². The molecule has 2 rings (SSSR count). The molecule has 2 atom stereocenters. The van der Waals surface area contributed by atoms with Crippen molar-refractivity contribution in [1.82, 2.24) is 0 Å². The van der Waals surface area contributed by atoms with Gasteiger partial charge in [-0.2, -0.15) is 0 Å². The fourth-order valence-corrected chi connectivity index (χ4v) is 2.22. The van der Waals surface area contributed by atoms with Crippen LogP contribution in [0.4, 0.5) is 0 Å². The molecule has 1 aromatic rings. The highest BCUT2D eigenvalue weighted by Crippen LogP contribution is 2.24. The van der Waals surface area contributed by atoms with Gasteiger partial charge in [-0.25, -0.2) is 0 Å². The van der Waals surface area contributed by atoms with Crippen LogP contribution in [-0.4, -0.2) is 18.6 Å². The van der Waals surface area contributed by atoms with Crippen LogP contribution in [0, 0.1) is 5.92 Å². The van der Waals surface area contributed by atoms with Crippen molar-refractivity contribution in [2.45, 2.75) is 59.5 Å². The van der Waals surface area contributed by atoms with Crippen molar-refractivity contribution in [1.29, 1.82) is 0 Å². The smallest absolute Gasteiger partial charge is 0.306 e. The Balaban J connectivity index is 0.000000713. The summed E-state index contributed by atoms with van der Waals surface area (Å²) in [7, 11) is 0. The fourth-order valence-electron chi connectivity index (χ4n) is 2.22. The van der Waals surface area contributed by atoms with E-state index in [9.17, 15) is 4.79 Å². The summed E-state index contributed by atoms with van der Waals surface area (Å²) < 4.78 is 5.14. The maximum atomic E-state index is 11.4. The molecular weight excluding hydrogens is 262 g/mol. The number of hydrogen-bond donors (Lipinski definition) is 1. The Labute approximate surface area is 129 Å². The third kappa shape index (κ3) is 8.51. The molecule has 0 radical (unpaired) electrons. The zero-order chi connectivity index (χ0) is 16.1. The predicted molar refractivity (Wildman–Crippen MR) is 89.1 cm³/mol. The Bertz CT molecular complexity index is 365. The van der Waals surface area contributed by atoms with Gasteiger partial charge in [-0.05, 0) is 24.3 Å². The minimum absolute atomic E-state index is 0.0880. The van der Waals surface area contributed by atoms with Gasteiger partial charge in [0.2, 0.25) is 0 Å². The van der Waals surface area contributed by atoms with Crippen LogP contribution in [0.15, 0.2) is 30.3 Å². The molecule has 2 N–H and O–H groups in total. The van der Waals surface area contributed by atoms with Crippen molar-refractivity contribution in [2.24, 2.45) is 11.7 Å². The summed E-state index contributed by atoms with van der Waals surface area (Å²) in [6.45, 7) is 8.68. The Morgan fingerprint density at radius 2 is 1.76 bits per heavy atom. The highest BCUT2D eigenvalue weighted by atomic mass is 16.5. The minimum atomic E-state index is -0.109. The summed E-state index contributed by atoms with van der Waals surface area (Å²) in [4.78, 5) is 11.4.